The summed E-state index contributed by atoms with van der Waals surface area (Å²) in [5.41, 5.74) is 4.02. The highest BCUT2D eigenvalue weighted by molar-refractivity contribution is 5.27. The van der Waals surface area contributed by atoms with Gasteiger partial charge in [0.1, 0.15) is 0 Å². The van der Waals surface area contributed by atoms with Gasteiger partial charge in [-0.1, -0.05) is 78.3 Å². The fourth-order valence-corrected chi connectivity index (χ4v) is 2.48. The summed E-state index contributed by atoms with van der Waals surface area (Å²) >= 11 is 0. The van der Waals surface area contributed by atoms with Crippen molar-refractivity contribution < 1.29 is 0 Å². The molecule has 0 aliphatic carbocycles. The molecule has 0 N–H and O–H groups in total. The van der Waals surface area contributed by atoms with E-state index in [0.717, 1.165) is 25.7 Å². The lowest BCUT2D eigenvalue weighted by Crippen LogP contribution is -2.19. The molecule has 0 radical (unpaired) electrons. The molecule has 0 aromatic rings. The Balaban J connectivity index is 4.54. The summed E-state index contributed by atoms with van der Waals surface area (Å²) in [5, 5.41) is 0. The van der Waals surface area contributed by atoms with Crippen LogP contribution in [0.4, 0.5) is 0 Å². The third-order valence-electron chi connectivity index (χ3n) is 3.93. The van der Waals surface area contributed by atoms with Crippen LogP contribution in [0, 0.1) is 11.3 Å². The van der Waals surface area contributed by atoms with Gasteiger partial charge in [0.15, 0.2) is 0 Å². The fourth-order valence-electron chi connectivity index (χ4n) is 2.48. The second kappa shape index (κ2) is 7.61. The lowest BCUT2D eigenvalue weighted by Gasteiger charge is -2.31. The molecule has 0 aromatic carbocycles. The molecule has 0 saturated heterocycles. The van der Waals surface area contributed by atoms with Crippen LogP contribution in [0.1, 0.15) is 66.7 Å². The first kappa shape index (κ1) is 17.2. The monoisotopic (exact) mass is 248 g/mol. The SMILES string of the molecule is C=C(CCC)C(=C)C(C)CC(C)(C)C(=C)CCC. The zero-order valence-corrected chi connectivity index (χ0v) is 13.2. The largest absolute Gasteiger partial charge is 0.0993 e. The van der Waals surface area contributed by atoms with E-state index in [1.54, 1.807) is 0 Å². The molecule has 0 spiro atoms. The van der Waals surface area contributed by atoms with E-state index in [1.165, 1.54) is 23.1 Å². The van der Waals surface area contributed by atoms with Gasteiger partial charge in [-0.15, -0.1) is 0 Å². The van der Waals surface area contributed by atoms with Gasteiger partial charge in [-0.3, -0.25) is 0 Å². The normalized spacial score (nSPS) is 13.2. The second-order valence-electron chi connectivity index (χ2n) is 6.22. The first-order valence-electron chi connectivity index (χ1n) is 7.31. The Hall–Kier alpha value is -0.780. The quantitative estimate of drug-likeness (QED) is 0.331. The maximum absolute atomic E-state index is 4.26. The first-order valence-corrected chi connectivity index (χ1v) is 7.31. The third-order valence-corrected chi connectivity index (χ3v) is 3.93. The summed E-state index contributed by atoms with van der Waals surface area (Å²) in [6.45, 7) is 23.9. The zero-order valence-electron chi connectivity index (χ0n) is 13.2. The lowest BCUT2D eigenvalue weighted by atomic mass is 9.73. The summed E-state index contributed by atoms with van der Waals surface area (Å²) in [6, 6.07) is 0. The van der Waals surface area contributed by atoms with Crippen LogP contribution in [0.15, 0.2) is 36.5 Å². The predicted molar refractivity (Wildman–Crippen MR) is 84.8 cm³/mol. The highest BCUT2D eigenvalue weighted by Crippen LogP contribution is 2.38. The van der Waals surface area contributed by atoms with Crippen molar-refractivity contribution in [2.24, 2.45) is 11.3 Å². The Morgan fingerprint density at radius 1 is 1.00 bits per heavy atom. The summed E-state index contributed by atoms with van der Waals surface area (Å²) in [4.78, 5) is 0. The van der Waals surface area contributed by atoms with Crippen molar-refractivity contribution in [1.82, 2.24) is 0 Å². The third kappa shape index (κ3) is 5.25. The molecular formula is C18H32. The maximum atomic E-state index is 4.26. The van der Waals surface area contributed by atoms with Crippen molar-refractivity contribution in [3.05, 3.63) is 36.5 Å². The van der Waals surface area contributed by atoms with Crippen LogP contribution >= 0.6 is 0 Å². The minimum absolute atomic E-state index is 0.199. The zero-order chi connectivity index (χ0) is 14.3. The molecule has 1 unspecified atom stereocenters. The molecule has 0 bridgehead atoms. The second-order valence-corrected chi connectivity index (χ2v) is 6.22. The summed E-state index contributed by atoms with van der Waals surface area (Å²) in [7, 11) is 0. The maximum Gasteiger partial charge on any atom is -0.0142 e. The molecule has 0 rings (SSSR count). The van der Waals surface area contributed by atoms with E-state index in [9.17, 15) is 0 Å². The minimum atomic E-state index is 0.199. The van der Waals surface area contributed by atoms with Gasteiger partial charge in [0.2, 0.25) is 0 Å². The van der Waals surface area contributed by atoms with Gasteiger partial charge >= 0.3 is 0 Å². The Bertz CT molecular complexity index is 304. The minimum Gasteiger partial charge on any atom is -0.0993 e. The van der Waals surface area contributed by atoms with Gasteiger partial charge in [-0.2, -0.15) is 0 Å². The molecule has 0 heteroatoms. The molecule has 18 heavy (non-hydrogen) atoms. The van der Waals surface area contributed by atoms with E-state index in [2.05, 4.69) is 54.4 Å². The van der Waals surface area contributed by atoms with E-state index in [-0.39, 0.29) is 5.41 Å². The average Bonchev–Trinajstić information content (AvgIpc) is 2.28. The number of rotatable bonds is 9. The molecule has 0 heterocycles. The van der Waals surface area contributed by atoms with Crippen LogP contribution in [-0.4, -0.2) is 0 Å². The fraction of sp³-hybridized carbons (Fsp3) is 0.667. The molecular weight excluding hydrogens is 216 g/mol. The summed E-state index contributed by atoms with van der Waals surface area (Å²) < 4.78 is 0. The van der Waals surface area contributed by atoms with Crippen LogP contribution < -0.4 is 0 Å². The molecule has 0 aliphatic rings. The van der Waals surface area contributed by atoms with Crippen LogP contribution in [0.25, 0.3) is 0 Å². The van der Waals surface area contributed by atoms with E-state index in [1.807, 2.05) is 0 Å². The van der Waals surface area contributed by atoms with Gasteiger partial charge in [-0.25, -0.2) is 0 Å². The molecule has 0 fully saturated rings. The van der Waals surface area contributed by atoms with E-state index >= 15 is 0 Å². The van der Waals surface area contributed by atoms with E-state index < -0.39 is 0 Å². The van der Waals surface area contributed by atoms with Crippen LogP contribution in [-0.2, 0) is 0 Å². The van der Waals surface area contributed by atoms with Crippen molar-refractivity contribution in [2.45, 2.75) is 66.7 Å². The van der Waals surface area contributed by atoms with Crippen LogP contribution in [0.2, 0.25) is 0 Å². The Labute approximate surface area is 115 Å². The van der Waals surface area contributed by atoms with E-state index in [0.29, 0.717) is 5.92 Å². The van der Waals surface area contributed by atoms with Crippen molar-refractivity contribution in [3.8, 4) is 0 Å². The standard InChI is InChI=1S/C18H32/c1-9-11-14(3)17(6)15(4)13-18(7,8)16(5)12-10-2/h15H,3,5-6,9-13H2,1-2,4,7-8H3. The van der Waals surface area contributed by atoms with Crippen molar-refractivity contribution in [1.29, 1.82) is 0 Å². The van der Waals surface area contributed by atoms with Gasteiger partial charge < -0.3 is 0 Å². The van der Waals surface area contributed by atoms with Crippen LogP contribution in [0.5, 0.6) is 0 Å². The lowest BCUT2D eigenvalue weighted by molar-refractivity contribution is 0.346. The molecule has 1 atom stereocenters. The van der Waals surface area contributed by atoms with Crippen LogP contribution in [0.3, 0.4) is 0 Å². The summed E-state index contributed by atoms with van der Waals surface area (Å²) in [6.07, 6.45) is 5.64. The smallest absolute Gasteiger partial charge is 0.0142 e. The molecule has 104 valence electrons. The molecule has 0 saturated carbocycles. The molecule has 0 aromatic heterocycles. The molecule has 0 amide bonds. The van der Waals surface area contributed by atoms with Gasteiger partial charge in [0, 0.05) is 0 Å². The van der Waals surface area contributed by atoms with Crippen molar-refractivity contribution >= 4 is 0 Å². The number of allylic oxidation sites excluding steroid dienone is 3. The van der Waals surface area contributed by atoms with Gasteiger partial charge in [0.25, 0.3) is 0 Å². The van der Waals surface area contributed by atoms with Crippen molar-refractivity contribution in [3.63, 3.8) is 0 Å². The summed E-state index contributed by atoms with van der Waals surface area (Å²) in [5.74, 6) is 0.493. The topological polar surface area (TPSA) is 0 Å². The average molecular weight is 248 g/mol. The van der Waals surface area contributed by atoms with Crippen molar-refractivity contribution in [2.75, 3.05) is 0 Å². The Morgan fingerprint density at radius 3 is 1.94 bits per heavy atom. The van der Waals surface area contributed by atoms with Gasteiger partial charge in [-0.05, 0) is 36.2 Å². The number of hydrogen-bond acceptors (Lipinski definition) is 0. The van der Waals surface area contributed by atoms with Gasteiger partial charge in [0.05, 0.1) is 0 Å². The molecule has 0 nitrogen and oxygen atoms in total. The number of hydrogen-bond donors (Lipinski definition) is 0. The van der Waals surface area contributed by atoms with E-state index in [4.69, 9.17) is 0 Å². The highest BCUT2D eigenvalue weighted by atomic mass is 14.3. The highest BCUT2D eigenvalue weighted by Gasteiger charge is 2.25. The Morgan fingerprint density at radius 2 is 1.50 bits per heavy atom. The Kier molecular flexibility index (Phi) is 7.28. The predicted octanol–water partition coefficient (Wildman–Crippen LogP) is 6.31. The first-order chi connectivity index (χ1) is 8.26. The molecule has 0 aliphatic heterocycles.